The highest BCUT2D eigenvalue weighted by Gasteiger charge is 2.44. The molecule has 2 saturated carbocycles. The highest BCUT2D eigenvalue weighted by Crippen LogP contribution is 2.41. The number of fused-ring (bicyclic) bond motifs is 2. The molecule has 0 bridgehead atoms. The summed E-state index contributed by atoms with van der Waals surface area (Å²) in [6.07, 6.45) is 7.70. The van der Waals surface area contributed by atoms with E-state index in [2.05, 4.69) is 33.3 Å². The maximum absolute atomic E-state index is 13.4. The number of nitrogens with one attached hydrogen (secondary N) is 3. The number of nitrogens with zero attached hydrogens (tertiary/aromatic N) is 2. The number of benzene rings is 1. The average molecular weight is 504 g/mol. The van der Waals surface area contributed by atoms with Crippen molar-refractivity contribution in [1.82, 2.24) is 21.2 Å². The molecule has 2 aliphatic heterocycles. The Labute approximate surface area is 218 Å². The molecule has 8 heteroatoms. The van der Waals surface area contributed by atoms with Crippen molar-refractivity contribution in [2.24, 2.45) is 11.8 Å². The highest BCUT2D eigenvalue weighted by atomic mass is 16.3. The molecule has 4 unspecified atom stereocenters. The van der Waals surface area contributed by atoms with E-state index in [-0.39, 0.29) is 36.4 Å². The van der Waals surface area contributed by atoms with Gasteiger partial charge in [0, 0.05) is 35.6 Å². The largest absolute Gasteiger partial charge is 0.388 e. The summed E-state index contributed by atoms with van der Waals surface area (Å²) in [7, 11) is 0. The molecule has 2 aliphatic carbocycles. The van der Waals surface area contributed by atoms with Gasteiger partial charge in [-0.3, -0.25) is 20.0 Å². The van der Waals surface area contributed by atoms with Gasteiger partial charge >= 0.3 is 0 Å². The normalized spacial score (nSPS) is 33.2. The molecule has 196 valence electrons. The number of β-amino-alcohol motifs (C(OH)–C–C–N with tert-alkyl or cyclic N) is 1. The third-order valence-corrected chi connectivity index (χ3v) is 8.95. The van der Waals surface area contributed by atoms with Crippen LogP contribution in [0, 0.1) is 18.8 Å². The van der Waals surface area contributed by atoms with Gasteiger partial charge in [0.25, 0.3) is 0 Å². The van der Waals surface area contributed by atoms with E-state index in [0.29, 0.717) is 31.2 Å². The van der Waals surface area contributed by atoms with E-state index in [9.17, 15) is 14.7 Å². The average Bonchev–Trinajstić information content (AvgIpc) is 3.44. The van der Waals surface area contributed by atoms with E-state index < -0.39 is 5.60 Å². The van der Waals surface area contributed by atoms with Crippen molar-refractivity contribution in [2.45, 2.75) is 82.0 Å². The summed E-state index contributed by atoms with van der Waals surface area (Å²) >= 11 is 0. The quantitative estimate of drug-likeness (QED) is 0.500. The molecule has 8 nitrogen and oxygen atoms in total. The smallest absolute Gasteiger partial charge is 0.231 e. The van der Waals surface area contributed by atoms with Crippen molar-refractivity contribution in [1.29, 1.82) is 0 Å². The van der Waals surface area contributed by atoms with Crippen LogP contribution in [0.15, 0.2) is 42.6 Å². The van der Waals surface area contributed by atoms with Gasteiger partial charge in [-0.25, -0.2) is 5.43 Å². The molecule has 37 heavy (non-hydrogen) atoms. The molecule has 4 N–H and O–H groups in total. The van der Waals surface area contributed by atoms with Crippen LogP contribution in [0.2, 0.25) is 0 Å². The van der Waals surface area contributed by atoms with Gasteiger partial charge in [-0.05, 0) is 87.1 Å². The zero-order valence-corrected chi connectivity index (χ0v) is 21.5. The van der Waals surface area contributed by atoms with E-state index >= 15 is 0 Å². The molecule has 6 atom stereocenters. The fourth-order valence-corrected chi connectivity index (χ4v) is 7.10. The minimum atomic E-state index is -0.995. The number of aromatic nitrogens is 1. The topological polar surface area (TPSA) is 107 Å². The number of hydrogen-bond acceptors (Lipinski definition) is 6. The van der Waals surface area contributed by atoms with E-state index in [1.807, 2.05) is 37.4 Å². The summed E-state index contributed by atoms with van der Waals surface area (Å²) in [5.41, 5.74) is 10.1. The first-order valence-electron chi connectivity index (χ1n) is 13.7. The zero-order chi connectivity index (χ0) is 25.6. The summed E-state index contributed by atoms with van der Waals surface area (Å²) in [5, 5.41) is 14.8. The van der Waals surface area contributed by atoms with E-state index in [1.54, 1.807) is 4.90 Å². The third-order valence-electron chi connectivity index (χ3n) is 8.95. The van der Waals surface area contributed by atoms with Gasteiger partial charge < -0.3 is 15.3 Å². The Kier molecular flexibility index (Phi) is 6.51. The fraction of sp³-hybridized carbons (Fsp3) is 0.552. The van der Waals surface area contributed by atoms with Crippen molar-refractivity contribution in [2.75, 3.05) is 11.4 Å². The summed E-state index contributed by atoms with van der Waals surface area (Å²) in [6, 6.07) is 12.5. The van der Waals surface area contributed by atoms with Crippen LogP contribution in [-0.4, -0.2) is 46.1 Å². The first-order chi connectivity index (χ1) is 17.9. The van der Waals surface area contributed by atoms with Crippen LogP contribution < -0.4 is 21.1 Å². The number of hydrazine groups is 1. The number of para-hydroxylation sites is 1. The maximum Gasteiger partial charge on any atom is 0.231 e. The van der Waals surface area contributed by atoms with Crippen LogP contribution in [0.5, 0.6) is 0 Å². The molecule has 6 rings (SSSR count). The Morgan fingerprint density at radius 3 is 2.95 bits per heavy atom. The monoisotopic (exact) mass is 503 g/mol. The van der Waals surface area contributed by atoms with Gasteiger partial charge in [0.05, 0.1) is 24.6 Å². The lowest BCUT2D eigenvalue weighted by molar-refractivity contribution is -0.128. The van der Waals surface area contributed by atoms with Gasteiger partial charge in [0.15, 0.2) is 0 Å². The molecular weight excluding hydrogens is 466 g/mol. The minimum absolute atomic E-state index is 0.0320. The maximum atomic E-state index is 13.4. The van der Waals surface area contributed by atoms with Crippen LogP contribution in [0.25, 0.3) is 0 Å². The second-order valence-electron chi connectivity index (χ2n) is 11.6. The van der Waals surface area contributed by atoms with Crippen LogP contribution >= 0.6 is 0 Å². The minimum Gasteiger partial charge on any atom is -0.388 e. The Hall–Kier alpha value is -2.81. The number of rotatable bonds is 5. The van der Waals surface area contributed by atoms with Crippen molar-refractivity contribution in [3.8, 4) is 0 Å². The number of aliphatic hydroxyl groups is 1. The Morgan fingerprint density at radius 2 is 2.08 bits per heavy atom. The lowest BCUT2D eigenvalue weighted by Crippen LogP contribution is -2.53. The summed E-state index contributed by atoms with van der Waals surface area (Å²) in [4.78, 5) is 32.2. The molecular formula is C29H37N5O3. The van der Waals surface area contributed by atoms with Crippen molar-refractivity contribution in [3.63, 3.8) is 0 Å². The van der Waals surface area contributed by atoms with Crippen LogP contribution in [0.1, 0.15) is 67.8 Å². The highest BCUT2D eigenvalue weighted by molar-refractivity contribution is 6.01. The molecule has 2 amide bonds. The molecule has 2 aromatic rings. The molecule has 0 spiro atoms. The molecule has 0 radical (unpaired) electrons. The number of carbonyl (C=O) groups is 2. The number of hydrogen-bond donors (Lipinski definition) is 4. The lowest BCUT2D eigenvalue weighted by atomic mass is 9.74. The molecule has 1 aromatic heterocycles. The Morgan fingerprint density at radius 1 is 1.22 bits per heavy atom. The number of aryl methyl sites for hydroxylation is 1. The Balaban J connectivity index is 1.08. The van der Waals surface area contributed by atoms with Gasteiger partial charge in [0.2, 0.25) is 11.8 Å². The summed E-state index contributed by atoms with van der Waals surface area (Å²) < 4.78 is 0. The van der Waals surface area contributed by atoms with Crippen molar-refractivity contribution < 1.29 is 14.7 Å². The third kappa shape index (κ3) is 4.90. The first kappa shape index (κ1) is 24.5. The van der Waals surface area contributed by atoms with Gasteiger partial charge in [-0.15, -0.1) is 0 Å². The van der Waals surface area contributed by atoms with Gasteiger partial charge in [-0.2, -0.15) is 0 Å². The number of anilines is 1. The lowest BCUT2D eigenvalue weighted by Gasteiger charge is -2.40. The SMILES string of the molecule is Cc1cc(C2NNC3CCC(C(=O)N[C@@H]4CCC[C@@](O)(CN5C(=O)Cc6ccccc65)C4)CC32)ccn1. The van der Waals surface area contributed by atoms with Gasteiger partial charge in [-0.1, -0.05) is 18.2 Å². The molecule has 3 heterocycles. The first-order valence-corrected chi connectivity index (χ1v) is 13.7. The molecule has 4 aliphatic rings. The zero-order valence-electron chi connectivity index (χ0n) is 21.5. The van der Waals surface area contributed by atoms with E-state index in [0.717, 1.165) is 49.0 Å². The van der Waals surface area contributed by atoms with Crippen LogP contribution in [-0.2, 0) is 16.0 Å². The standard InChI is InChI=1S/C29H37N5O3/c1-18-13-20(10-12-30-18)27-23-14-21(8-9-24(23)32-33-27)28(36)31-22-6-4-11-29(37,16-22)17-34-25-7-3-2-5-19(25)15-26(34)35/h2-3,5,7,10,12-13,21-24,27,32-33,37H,4,6,8-9,11,14-17H2,1H3,(H,31,36)/t21?,22-,23?,24?,27?,29+/m1/s1. The van der Waals surface area contributed by atoms with Crippen molar-refractivity contribution >= 4 is 17.5 Å². The second kappa shape index (κ2) is 9.82. The molecule has 1 saturated heterocycles. The predicted molar refractivity (Wildman–Crippen MR) is 140 cm³/mol. The number of amides is 2. The molecule has 3 fully saturated rings. The van der Waals surface area contributed by atoms with Crippen LogP contribution in [0.3, 0.4) is 0 Å². The summed E-state index contributed by atoms with van der Waals surface area (Å²) in [5.74, 6) is 0.452. The van der Waals surface area contributed by atoms with E-state index in [4.69, 9.17) is 0 Å². The second-order valence-corrected chi connectivity index (χ2v) is 11.6. The number of pyridine rings is 1. The predicted octanol–water partition coefficient (Wildman–Crippen LogP) is 2.70. The van der Waals surface area contributed by atoms with Crippen LogP contribution in [0.4, 0.5) is 5.69 Å². The summed E-state index contributed by atoms with van der Waals surface area (Å²) in [6.45, 7) is 2.29. The molecule has 1 aromatic carbocycles. The van der Waals surface area contributed by atoms with Crippen molar-refractivity contribution in [3.05, 3.63) is 59.4 Å². The fourth-order valence-electron chi connectivity index (χ4n) is 7.10. The van der Waals surface area contributed by atoms with Gasteiger partial charge in [0.1, 0.15) is 0 Å². The van der Waals surface area contributed by atoms with E-state index in [1.165, 1.54) is 5.56 Å². The number of carbonyl (C=O) groups excluding carboxylic acids is 2. The Bertz CT molecular complexity index is 1190.